The smallest absolute Gasteiger partial charge is 0.341 e. The van der Waals surface area contributed by atoms with Crippen molar-refractivity contribution in [1.29, 1.82) is 0 Å². The molecule has 9 nitrogen and oxygen atoms in total. The van der Waals surface area contributed by atoms with E-state index >= 15 is 0 Å². The summed E-state index contributed by atoms with van der Waals surface area (Å²) in [4.78, 5) is 40.6. The zero-order chi connectivity index (χ0) is 21.8. The first-order valence-corrected chi connectivity index (χ1v) is 9.34. The largest absolute Gasteiger partial charge is 0.508 e. The van der Waals surface area contributed by atoms with Crippen molar-refractivity contribution in [3.05, 3.63) is 58.5 Å². The molecule has 0 bridgehead atoms. The Morgan fingerprint density at radius 3 is 2.63 bits per heavy atom. The number of aliphatic carboxylic acids is 1. The zero-order valence-corrected chi connectivity index (χ0v) is 16.4. The first kappa shape index (κ1) is 20.9. The Bertz CT molecular complexity index is 1090. The van der Waals surface area contributed by atoms with Gasteiger partial charge in [0.1, 0.15) is 11.5 Å². The SMILES string of the molecule is CN1C(=O)/C(=C/c2ccccc2OCC(=O)O)SC1=Nc1ccc(O)cc1C(=O)O. The lowest BCUT2D eigenvalue weighted by atomic mass is 10.2. The van der Waals surface area contributed by atoms with Crippen LogP contribution in [0.25, 0.3) is 6.08 Å². The fourth-order valence-corrected chi connectivity index (χ4v) is 3.53. The third kappa shape index (κ3) is 4.61. The van der Waals surface area contributed by atoms with Gasteiger partial charge in [-0.3, -0.25) is 9.69 Å². The number of hydrogen-bond donors (Lipinski definition) is 3. The number of thioether (sulfide) groups is 1. The summed E-state index contributed by atoms with van der Waals surface area (Å²) in [6, 6.07) is 10.4. The normalized spacial score (nSPS) is 16.3. The average molecular weight is 428 g/mol. The van der Waals surface area contributed by atoms with Crippen LogP contribution >= 0.6 is 11.8 Å². The zero-order valence-electron chi connectivity index (χ0n) is 15.6. The number of para-hydroxylation sites is 1. The predicted molar refractivity (Wildman–Crippen MR) is 110 cm³/mol. The molecule has 10 heteroatoms. The van der Waals surface area contributed by atoms with E-state index in [1.807, 2.05) is 0 Å². The highest BCUT2D eigenvalue weighted by Gasteiger charge is 2.31. The number of rotatable bonds is 6. The second-order valence-corrected chi connectivity index (χ2v) is 7.11. The average Bonchev–Trinajstić information content (AvgIpc) is 2.96. The number of benzene rings is 2. The van der Waals surface area contributed by atoms with Gasteiger partial charge in [-0.2, -0.15) is 0 Å². The fraction of sp³-hybridized carbons (Fsp3) is 0.100. The van der Waals surface area contributed by atoms with Crippen molar-refractivity contribution in [1.82, 2.24) is 4.90 Å². The van der Waals surface area contributed by atoms with Crippen LogP contribution < -0.4 is 4.74 Å². The number of aromatic carboxylic acids is 1. The molecule has 3 N–H and O–H groups in total. The maximum absolute atomic E-state index is 12.6. The van der Waals surface area contributed by atoms with E-state index in [0.717, 1.165) is 17.8 Å². The molecule has 0 aromatic heterocycles. The Balaban J connectivity index is 1.94. The van der Waals surface area contributed by atoms with Crippen molar-refractivity contribution in [3.63, 3.8) is 0 Å². The number of carboxylic acids is 2. The van der Waals surface area contributed by atoms with Crippen molar-refractivity contribution in [3.8, 4) is 11.5 Å². The molecule has 3 rings (SSSR count). The molecule has 2 aromatic carbocycles. The van der Waals surface area contributed by atoms with Crippen LogP contribution in [-0.2, 0) is 9.59 Å². The Labute approximate surface area is 174 Å². The van der Waals surface area contributed by atoms with Crippen molar-refractivity contribution in [2.24, 2.45) is 4.99 Å². The molecule has 1 fully saturated rings. The van der Waals surface area contributed by atoms with Gasteiger partial charge in [0.25, 0.3) is 5.91 Å². The van der Waals surface area contributed by atoms with E-state index in [1.54, 1.807) is 30.3 Å². The molecule has 0 saturated carbocycles. The summed E-state index contributed by atoms with van der Waals surface area (Å²) >= 11 is 1.03. The first-order chi connectivity index (χ1) is 14.3. The number of aliphatic imine (C=N–C) groups is 1. The first-order valence-electron chi connectivity index (χ1n) is 8.52. The van der Waals surface area contributed by atoms with Gasteiger partial charge in [0.05, 0.1) is 16.2 Å². The van der Waals surface area contributed by atoms with E-state index in [4.69, 9.17) is 9.84 Å². The summed E-state index contributed by atoms with van der Waals surface area (Å²) in [6.45, 7) is -0.521. The van der Waals surface area contributed by atoms with E-state index in [9.17, 15) is 24.6 Å². The van der Waals surface area contributed by atoms with Gasteiger partial charge in [-0.05, 0) is 42.1 Å². The quantitative estimate of drug-likeness (QED) is 0.598. The van der Waals surface area contributed by atoms with Crippen LogP contribution in [0.1, 0.15) is 15.9 Å². The van der Waals surface area contributed by atoms with Crippen LogP contribution in [0, 0.1) is 0 Å². The molecular weight excluding hydrogens is 412 g/mol. The summed E-state index contributed by atoms with van der Waals surface area (Å²) in [5.74, 6) is -2.65. The molecule has 30 heavy (non-hydrogen) atoms. The number of ether oxygens (including phenoxy) is 1. The van der Waals surface area contributed by atoms with E-state index in [-0.39, 0.29) is 28.1 Å². The van der Waals surface area contributed by atoms with E-state index in [2.05, 4.69) is 4.99 Å². The van der Waals surface area contributed by atoms with Gasteiger partial charge in [0.15, 0.2) is 11.8 Å². The molecule has 1 amide bonds. The summed E-state index contributed by atoms with van der Waals surface area (Å²) in [5.41, 5.74) is 0.405. The van der Waals surface area contributed by atoms with Crippen LogP contribution in [0.2, 0.25) is 0 Å². The summed E-state index contributed by atoms with van der Waals surface area (Å²) in [7, 11) is 1.50. The van der Waals surface area contributed by atoms with Crippen LogP contribution in [0.15, 0.2) is 52.4 Å². The van der Waals surface area contributed by atoms with Gasteiger partial charge in [-0.1, -0.05) is 18.2 Å². The number of amidine groups is 1. The topological polar surface area (TPSA) is 137 Å². The fourth-order valence-electron chi connectivity index (χ4n) is 2.56. The molecule has 0 spiro atoms. The number of aromatic hydroxyl groups is 1. The Kier molecular flexibility index (Phi) is 6.07. The van der Waals surface area contributed by atoms with Gasteiger partial charge in [-0.15, -0.1) is 0 Å². The number of likely N-dealkylation sites (N-methyl/N-ethyl adjacent to an activating group) is 1. The molecule has 0 unspecified atom stereocenters. The van der Waals surface area contributed by atoms with Gasteiger partial charge in [-0.25, -0.2) is 14.6 Å². The predicted octanol–water partition coefficient (Wildman–Crippen LogP) is 2.79. The molecule has 0 radical (unpaired) electrons. The highest BCUT2D eigenvalue weighted by atomic mass is 32.2. The minimum absolute atomic E-state index is 0.0916. The van der Waals surface area contributed by atoms with Crippen LogP contribution in [0.3, 0.4) is 0 Å². The van der Waals surface area contributed by atoms with Crippen LogP contribution in [0.4, 0.5) is 5.69 Å². The third-order valence-corrected chi connectivity index (χ3v) is 5.05. The van der Waals surface area contributed by atoms with Crippen LogP contribution in [-0.4, -0.2) is 56.9 Å². The minimum atomic E-state index is -1.26. The van der Waals surface area contributed by atoms with E-state index in [0.29, 0.717) is 16.2 Å². The molecule has 2 aromatic rings. The Morgan fingerprint density at radius 1 is 1.20 bits per heavy atom. The summed E-state index contributed by atoms with van der Waals surface area (Å²) < 4.78 is 5.25. The molecule has 0 atom stereocenters. The lowest BCUT2D eigenvalue weighted by molar-refractivity contribution is -0.139. The number of carbonyl (C=O) groups excluding carboxylic acids is 1. The number of amides is 1. The lowest BCUT2D eigenvalue weighted by Crippen LogP contribution is -2.23. The molecule has 154 valence electrons. The number of carboxylic acid groups (broad SMARTS) is 2. The highest BCUT2D eigenvalue weighted by molar-refractivity contribution is 8.18. The lowest BCUT2D eigenvalue weighted by Gasteiger charge is -2.08. The molecule has 0 aliphatic carbocycles. The van der Waals surface area contributed by atoms with Gasteiger partial charge in [0.2, 0.25) is 0 Å². The molecule has 1 aliphatic rings. The molecule has 1 saturated heterocycles. The second kappa shape index (κ2) is 8.70. The molecular formula is C20H16N2O7S. The summed E-state index contributed by atoms with van der Waals surface area (Å²) in [5, 5.41) is 27.9. The van der Waals surface area contributed by atoms with Gasteiger partial charge < -0.3 is 20.1 Å². The van der Waals surface area contributed by atoms with Crippen molar-refractivity contribution in [2.45, 2.75) is 0 Å². The van der Waals surface area contributed by atoms with E-state index < -0.39 is 18.5 Å². The minimum Gasteiger partial charge on any atom is -0.508 e. The number of hydrogen-bond acceptors (Lipinski definition) is 7. The number of phenolic OH excluding ortho intramolecular Hbond substituents is 1. The maximum atomic E-state index is 12.6. The number of carbonyl (C=O) groups is 3. The highest BCUT2D eigenvalue weighted by Crippen LogP contribution is 2.35. The van der Waals surface area contributed by atoms with Crippen LogP contribution in [0.5, 0.6) is 11.5 Å². The maximum Gasteiger partial charge on any atom is 0.341 e. The van der Waals surface area contributed by atoms with Crippen molar-refractivity contribution < 1.29 is 34.4 Å². The second-order valence-electron chi connectivity index (χ2n) is 6.10. The monoisotopic (exact) mass is 428 g/mol. The number of nitrogens with zero attached hydrogens (tertiary/aromatic N) is 2. The molecule has 1 aliphatic heterocycles. The summed E-state index contributed by atoms with van der Waals surface area (Å²) in [6.07, 6.45) is 1.55. The standard InChI is InChI=1S/C20H16N2O7S/c1-22-18(26)16(8-11-4-2-3-5-15(11)29-10-17(24)25)30-20(22)21-14-7-6-12(23)9-13(14)19(27)28/h2-9,23H,10H2,1H3,(H,24,25)(H,27,28)/b16-8-,21-20?. The Hall–Kier alpha value is -3.79. The van der Waals surface area contributed by atoms with Gasteiger partial charge in [0, 0.05) is 12.6 Å². The Morgan fingerprint density at radius 2 is 1.93 bits per heavy atom. The third-order valence-electron chi connectivity index (χ3n) is 3.99. The van der Waals surface area contributed by atoms with E-state index in [1.165, 1.54) is 24.1 Å². The van der Waals surface area contributed by atoms with Crippen molar-refractivity contribution in [2.75, 3.05) is 13.7 Å². The number of phenols is 1. The van der Waals surface area contributed by atoms with Gasteiger partial charge >= 0.3 is 11.9 Å². The molecule has 1 heterocycles. The van der Waals surface area contributed by atoms with Crippen molar-refractivity contribution >= 4 is 46.5 Å².